The van der Waals surface area contributed by atoms with Crippen LogP contribution in [0.15, 0.2) is 63.8 Å². The number of aromatic carboxylic acids is 1. The van der Waals surface area contributed by atoms with Gasteiger partial charge >= 0.3 is 5.97 Å². The van der Waals surface area contributed by atoms with Crippen molar-refractivity contribution < 1.29 is 33.8 Å². The van der Waals surface area contributed by atoms with Crippen LogP contribution in [0, 0.1) is 0 Å². The summed E-state index contributed by atoms with van der Waals surface area (Å²) in [6, 6.07) is 12.8. The minimum Gasteiger partial charge on any atom is -0.508 e. The number of hydrogen-bond acceptors (Lipinski definition) is 9. The number of carboxylic acid groups (broad SMARTS) is 1. The van der Waals surface area contributed by atoms with Crippen LogP contribution in [0.4, 0.5) is 5.69 Å². The SMILES string of the molecule is NCCCCCNC(=O)CSC1CC(=O)N(c2ccc(-c3c4ccc(=O)cc-4oc4cc(O)ccc34)c(C(=O)O)c2)C1=O. The van der Waals surface area contributed by atoms with Crippen molar-refractivity contribution in [1.29, 1.82) is 0 Å². The van der Waals surface area contributed by atoms with E-state index in [2.05, 4.69) is 5.32 Å². The molecule has 43 heavy (non-hydrogen) atoms. The van der Waals surface area contributed by atoms with Gasteiger partial charge in [-0.05, 0) is 61.3 Å². The Balaban J connectivity index is 1.44. The van der Waals surface area contributed by atoms with Crippen LogP contribution < -0.4 is 21.4 Å². The second kappa shape index (κ2) is 12.7. The van der Waals surface area contributed by atoms with Gasteiger partial charge in [0.25, 0.3) is 0 Å². The summed E-state index contributed by atoms with van der Waals surface area (Å²) < 4.78 is 5.85. The first-order valence-electron chi connectivity index (χ1n) is 13.7. The third-order valence-corrected chi connectivity index (χ3v) is 8.36. The maximum Gasteiger partial charge on any atom is 0.336 e. The van der Waals surface area contributed by atoms with Gasteiger partial charge in [0.05, 0.1) is 22.3 Å². The van der Waals surface area contributed by atoms with Gasteiger partial charge in [0.15, 0.2) is 5.43 Å². The van der Waals surface area contributed by atoms with Crippen molar-refractivity contribution in [2.75, 3.05) is 23.7 Å². The number of carboxylic acids is 1. The highest BCUT2D eigenvalue weighted by atomic mass is 32.2. The third kappa shape index (κ3) is 6.25. The van der Waals surface area contributed by atoms with Crippen LogP contribution in [0.5, 0.6) is 5.75 Å². The number of unbranched alkanes of at least 4 members (excludes halogenated alkanes) is 2. The van der Waals surface area contributed by atoms with E-state index in [0.29, 0.717) is 29.6 Å². The van der Waals surface area contributed by atoms with Crippen molar-refractivity contribution in [1.82, 2.24) is 5.32 Å². The summed E-state index contributed by atoms with van der Waals surface area (Å²) in [7, 11) is 0. The first kappa shape index (κ1) is 29.8. The molecule has 1 saturated heterocycles. The zero-order valence-electron chi connectivity index (χ0n) is 23.0. The van der Waals surface area contributed by atoms with Crippen molar-refractivity contribution in [3.63, 3.8) is 0 Å². The van der Waals surface area contributed by atoms with Crippen LogP contribution in [0.1, 0.15) is 36.0 Å². The summed E-state index contributed by atoms with van der Waals surface area (Å²) in [4.78, 5) is 63.9. The molecule has 2 aromatic carbocycles. The average Bonchev–Trinajstić information content (AvgIpc) is 3.26. The Labute approximate surface area is 250 Å². The zero-order chi connectivity index (χ0) is 30.7. The number of carbonyl (C=O) groups is 4. The number of nitrogens with two attached hydrogens (primary N) is 1. The molecule has 11 nitrogen and oxygen atoms in total. The first-order chi connectivity index (χ1) is 20.7. The molecule has 1 aliphatic carbocycles. The Kier molecular flexibility index (Phi) is 8.78. The van der Waals surface area contributed by atoms with Crippen molar-refractivity contribution >= 4 is 52.1 Å². The molecule has 5 rings (SSSR count). The van der Waals surface area contributed by atoms with Crippen LogP contribution in [0.2, 0.25) is 0 Å². The molecule has 0 saturated carbocycles. The molecule has 0 radical (unpaired) electrons. The Morgan fingerprint density at radius 3 is 2.56 bits per heavy atom. The Morgan fingerprint density at radius 1 is 1.00 bits per heavy atom. The number of fused-ring (bicyclic) bond motifs is 2. The van der Waals surface area contributed by atoms with E-state index >= 15 is 0 Å². The highest BCUT2D eigenvalue weighted by molar-refractivity contribution is 8.01. The highest BCUT2D eigenvalue weighted by Crippen LogP contribution is 2.43. The molecule has 5 N–H and O–H groups in total. The monoisotopic (exact) mass is 603 g/mol. The second-order valence-corrected chi connectivity index (χ2v) is 11.3. The number of hydrogen-bond donors (Lipinski definition) is 4. The first-order valence-corrected chi connectivity index (χ1v) is 14.7. The standard InChI is InChI=1S/C31H29N3O8S/c32-10-2-1-3-11-33-27(37)16-43-26-15-28(38)34(30(26)39)17-4-7-20(23(12-17)31(40)41)29-21-8-5-18(35)13-24(21)42-25-14-19(36)6-9-22(25)29/h4-9,12-14,26,35H,1-3,10-11,15-16,32H2,(H,33,37)(H,40,41). The van der Waals surface area contributed by atoms with E-state index in [9.17, 15) is 34.2 Å². The molecule has 222 valence electrons. The maximum absolute atomic E-state index is 13.2. The number of aromatic hydroxyl groups is 1. The number of carbonyl (C=O) groups excluding carboxylic acids is 3. The number of anilines is 1. The van der Waals surface area contributed by atoms with Crippen LogP contribution >= 0.6 is 11.8 Å². The molecule has 3 aliphatic rings. The highest BCUT2D eigenvalue weighted by Gasteiger charge is 2.40. The predicted molar refractivity (Wildman–Crippen MR) is 162 cm³/mol. The fourth-order valence-corrected chi connectivity index (χ4v) is 6.09. The Bertz CT molecular complexity index is 1770. The summed E-state index contributed by atoms with van der Waals surface area (Å²) in [5, 5.41) is 22.7. The Hall–Kier alpha value is -4.68. The largest absolute Gasteiger partial charge is 0.508 e. The van der Waals surface area contributed by atoms with E-state index < -0.39 is 23.0 Å². The molecule has 3 amide bonds. The number of rotatable bonds is 11. The number of thioether (sulfide) groups is 1. The van der Waals surface area contributed by atoms with Gasteiger partial charge in [-0.3, -0.25) is 19.2 Å². The summed E-state index contributed by atoms with van der Waals surface area (Å²) in [5.41, 5.74) is 6.48. The van der Waals surface area contributed by atoms with E-state index in [0.717, 1.165) is 35.9 Å². The lowest BCUT2D eigenvalue weighted by Crippen LogP contribution is -2.32. The number of phenolic OH excluding ortho intramolecular Hbond substituents is 1. The van der Waals surface area contributed by atoms with Crippen molar-refractivity contribution in [2.45, 2.75) is 30.9 Å². The summed E-state index contributed by atoms with van der Waals surface area (Å²) in [5.74, 6) is -2.43. The molecule has 1 atom stereocenters. The molecule has 0 aromatic heterocycles. The molecule has 0 bridgehead atoms. The lowest BCUT2D eigenvalue weighted by Gasteiger charge is -2.19. The number of imide groups is 1. The lowest BCUT2D eigenvalue weighted by atomic mass is 9.90. The van der Waals surface area contributed by atoms with E-state index in [1.165, 1.54) is 48.5 Å². The Morgan fingerprint density at radius 2 is 1.79 bits per heavy atom. The van der Waals surface area contributed by atoms with Gasteiger partial charge in [-0.2, -0.15) is 0 Å². The zero-order valence-corrected chi connectivity index (χ0v) is 23.8. The van der Waals surface area contributed by atoms with Crippen LogP contribution in [-0.4, -0.2) is 58.0 Å². The van der Waals surface area contributed by atoms with Crippen LogP contribution in [0.25, 0.3) is 33.4 Å². The van der Waals surface area contributed by atoms with Gasteiger partial charge in [-0.15, -0.1) is 11.8 Å². The van der Waals surface area contributed by atoms with E-state index in [1.807, 2.05) is 0 Å². The van der Waals surface area contributed by atoms with Crippen molar-refractivity contribution in [2.24, 2.45) is 5.73 Å². The summed E-state index contributed by atoms with van der Waals surface area (Å²) in [6.07, 6.45) is 2.47. The lowest BCUT2D eigenvalue weighted by molar-refractivity contribution is -0.121. The topological polar surface area (TPSA) is 180 Å². The van der Waals surface area contributed by atoms with Gasteiger partial charge in [0, 0.05) is 41.6 Å². The van der Waals surface area contributed by atoms with Gasteiger partial charge in [-0.1, -0.05) is 12.5 Å². The van der Waals surface area contributed by atoms with E-state index in [4.69, 9.17) is 10.2 Å². The molecular weight excluding hydrogens is 574 g/mol. The number of nitrogens with one attached hydrogen (secondary N) is 1. The minimum absolute atomic E-state index is 0.00751. The normalized spacial score (nSPS) is 15.0. The van der Waals surface area contributed by atoms with Gasteiger partial charge in [-0.25, -0.2) is 9.69 Å². The number of amides is 3. The summed E-state index contributed by atoms with van der Waals surface area (Å²) in [6.45, 7) is 1.10. The average molecular weight is 604 g/mol. The maximum atomic E-state index is 13.2. The molecule has 2 aromatic rings. The third-order valence-electron chi connectivity index (χ3n) is 7.16. The number of phenols is 1. The second-order valence-electron chi connectivity index (χ2n) is 10.1. The number of nitrogens with zero attached hydrogens (tertiary/aromatic N) is 1. The molecule has 1 unspecified atom stereocenters. The molecule has 2 heterocycles. The van der Waals surface area contributed by atoms with Crippen molar-refractivity contribution in [3.05, 3.63) is 70.4 Å². The quantitative estimate of drug-likeness (QED) is 0.112. The van der Waals surface area contributed by atoms with Crippen molar-refractivity contribution in [3.8, 4) is 28.2 Å². The molecule has 1 fully saturated rings. The van der Waals surface area contributed by atoms with Crippen LogP contribution in [-0.2, 0) is 14.4 Å². The van der Waals surface area contributed by atoms with E-state index in [1.54, 1.807) is 6.07 Å². The predicted octanol–water partition coefficient (Wildman–Crippen LogP) is 3.58. The molecule has 0 spiro atoms. The molecule has 12 heteroatoms. The van der Waals surface area contributed by atoms with E-state index in [-0.39, 0.29) is 57.4 Å². The van der Waals surface area contributed by atoms with Gasteiger partial charge in [0.2, 0.25) is 17.7 Å². The van der Waals surface area contributed by atoms with Crippen LogP contribution in [0.3, 0.4) is 0 Å². The fraction of sp³-hybridized carbons (Fsp3) is 0.258. The molecule has 2 aliphatic heterocycles. The molecular formula is C31H29N3O8S. The summed E-state index contributed by atoms with van der Waals surface area (Å²) >= 11 is 1.07. The van der Waals surface area contributed by atoms with Gasteiger partial charge in [0.1, 0.15) is 17.1 Å². The number of benzene rings is 3. The van der Waals surface area contributed by atoms with Gasteiger partial charge < -0.3 is 25.7 Å². The minimum atomic E-state index is -1.30. The smallest absolute Gasteiger partial charge is 0.336 e. The fourth-order valence-electron chi connectivity index (χ4n) is 5.12.